The first-order valence-corrected chi connectivity index (χ1v) is 5.45. The van der Waals surface area contributed by atoms with Crippen molar-refractivity contribution in [3.63, 3.8) is 0 Å². The molecule has 0 spiro atoms. The van der Waals surface area contributed by atoms with Gasteiger partial charge in [-0.15, -0.1) is 6.42 Å². The van der Waals surface area contributed by atoms with Crippen LogP contribution in [0.3, 0.4) is 0 Å². The van der Waals surface area contributed by atoms with Crippen LogP contribution in [0, 0.1) is 12.3 Å². The lowest BCUT2D eigenvalue weighted by atomic mass is 9.98. The van der Waals surface area contributed by atoms with Crippen LogP contribution in [0.4, 0.5) is 4.79 Å². The Morgan fingerprint density at radius 1 is 1.47 bits per heavy atom. The summed E-state index contributed by atoms with van der Waals surface area (Å²) in [5.74, 6) is 1.04. The maximum atomic E-state index is 11.9. The van der Waals surface area contributed by atoms with Crippen LogP contribution in [0.2, 0.25) is 0 Å². The summed E-state index contributed by atoms with van der Waals surface area (Å²) in [4.78, 5) is 24.3. The molecule has 1 aliphatic rings. The van der Waals surface area contributed by atoms with Crippen LogP contribution in [0.25, 0.3) is 0 Å². The number of likely N-dealkylation sites (tertiary alicyclic amines) is 1. The van der Waals surface area contributed by atoms with Gasteiger partial charge in [-0.25, -0.2) is 9.59 Å². The number of ether oxygens (including phenoxy) is 1. The molecule has 1 fully saturated rings. The Kier molecular flexibility index (Phi) is 3.37. The molecule has 0 unspecified atom stereocenters. The van der Waals surface area contributed by atoms with Gasteiger partial charge in [0.05, 0.1) is 0 Å². The number of amides is 1. The van der Waals surface area contributed by atoms with E-state index in [1.165, 1.54) is 0 Å². The first kappa shape index (κ1) is 13.4. The molecule has 0 aromatic rings. The summed E-state index contributed by atoms with van der Waals surface area (Å²) in [7, 11) is 0. The third kappa shape index (κ3) is 2.52. The number of carbonyl (C=O) groups is 2. The molecule has 0 radical (unpaired) electrons. The van der Waals surface area contributed by atoms with Crippen LogP contribution in [0.1, 0.15) is 33.6 Å². The van der Waals surface area contributed by atoms with Crippen molar-refractivity contribution in [1.82, 2.24) is 4.90 Å². The highest BCUT2D eigenvalue weighted by Crippen LogP contribution is 2.30. The van der Waals surface area contributed by atoms with Crippen molar-refractivity contribution in [2.45, 2.75) is 44.8 Å². The Balaban J connectivity index is 2.94. The van der Waals surface area contributed by atoms with Gasteiger partial charge in [-0.2, -0.15) is 0 Å². The molecule has 0 aliphatic carbocycles. The Labute approximate surface area is 101 Å². The molecule has 1 N–H and O–H groups in total. The Bertz CT molecular complexity index is 377. The highest BCUT2D eigenvalue weighted by atomic mass is 16.6. The Morgan fingerprint density at radius 3 is 2.47 bits per heavy atom. The molecule has 0 saturated carbocycles. The average molecular weight is 239 g/mol. The van der Waals surface area contributed by atoms with Gasteiger partial charge in [-0.3, -0.25) is 4.90 Å². The van der Waals surface area contributed by atoms with E-state index < -0.39 is 23.2 Å². The highest BCUT2D eigenvalue weighted by molar-refractivity contribution is 5.88. The van der Waals surface area contributed by atoms with E-state index in [0.717, 1.165) is 4.90 Å². The van der Waals surface area contributed by atoms with E-state index in [0.29, 0.717) is 13.0 Å². The standard InChI is InChI=1S/C12H17NO4/c1-5-12(9(14)15)7-6-8-13(12)10(16)17-11(2,3)4/h1H,6-8H2,2-4H3,(H,14,15)/t12-/m0/s1. The number of carboxylic acids is 1. The molecule has 0 bridgehead atoms. The lowest BCUT2D eigenvalue weighted by molar-refractivity contribution is -0.145. The maximum Gasteiger partial charge on any atom is 0.412 e. The fourth-order valence-corrected chi connectivity index (χ4v) is 1.82. The molecule has 0 aromatic heterocycles. The number of carbonyl (C=O) groups excluding carboxylic acids is 1. The third-order valence-corrected chi connectivity index (χ3v) is 2.59. The van der Waals surface area contributed by atoms with E-state index in [2.05, 4.69) is 5.92 Å². The first-order chi connectivity index (χ1) is 7.73. The molecule has 1 aliphatic heterocycles. The van der Waals surface area contributed by atoms with Crippen molar-refractivity contribution in [3.8, 4) is 12.3 Å². The summed E-state index contributed by atoms with van der Waals surface area (Å²) in [6.07, 6.45) is 5.44. The van der Waals surface area contributed by atoms with Gasteiger partial charge in [-0.1, -0.05) is 5.92 Å². The topological polar surface area (TPSA) is 66.8 Å². The van der Waals surface area contributed by atoms with Crippen LogP contribution < -0.4 is 0 Å². The molecular formula is C12H17NO4. The predicted molar refractivity (Wildman–Crippen MR) is 61.4 cm³/mol. The second-order valence-electron chi connectivity index (χ2n) is 5.05. The van der Waals surface area contributed by atoms with Crippen molar-refractivity contribution in [3.05, 3.63) is 0 Å². The quantitative estimate of drug-likeness (QED) is 0.704. The number of terminal acetylenes is 1. The molecule has 1 amide bonds. The van der Waals surface area contributed by atoms with Gasteiger partial charge in [-0.05, 0) is 33.6 Å². The predicted octanol–water partition coefficient (Wildman–Crippen LogP) is 1.47. The van der Waals surface area contributed by atoms with Crippen LogP contribution in [-0.4, -0.2) is 39.8 Å². The van der Waals surface area contributed by atoms with Crippen molar-refractivity contribution < 1.29 is 19.4 Å². The van der Waals surface area contributed by atoms with Crippen LogP contribution in [-0.2, 0) is 9.53 Å². The summed E-state index contributed by atoms with van der Waals surface area (Å²) < 4.78 is 5.16. The molecule has 94 valence electrons. The molecule has 5 nitrogen and oxygen atoms in total. The van der Waals surface area contributed by atoms with Gasteiger partial charge in [0, 0.05) is 6.54 Å². The zero-order valence-electron chi connectivity index (χ0n) is 10.3. The smallest absolute Gasteiger partial charge is 0.412 e. The van der Waals surface area contributed by atoms with Gasteiger partial charge in [0.15, 0.2) is 0 Å². The van der Waals surface area contributed by atoms with Gasteiger partial charge >= 0.3 is 12.1 Å². The summed E-state index contributed by atoms with van der Waals surface area (Å²) in [6.45, 7) is 5.48. The third-order valence-electron chi connectivity index (χ3n) is 2.59. The maximum absolute atomic E-state index is 11.9. The van der Waals surface area contributed by atoms with Gasteiger partial charge in [0.1, 0.15) is 5.60 Å². The molecule has 1 saturated heterocycles. The number of rotatable bonds is 1. The highest BCUT2D eigenvalue weighted by Gasteiger charge is 2.50. The number of aliphatic carboxylic acids is 1. The molecule has 5 heteroatoms. The SMILES string of the molecule is C#C[C@@]1(C(=O)O)CCCN1C(=O)OC(C)(C)C. The molecule has 17 heavy (non-hydrogen) atoms. The second kappa shape index (κ2) is 4.28. The van der Waals surface area contributed by atoms with E-state index >= 15 is 0 Å². The minimum absolute atomic E-state index is 0.262. The van der Waals surface area contributed by atoms with Crippen LogP contribution >= 0.6 is 0 Å². The molecule has 0 aromatic carbocycles. The first-order valence-electron chi connectivity index (χ1n) is 5.45. The fraction of sp³-hybridized carbons (Fsp3) is 0.667. The lowest BCUT2D eigenvalue weighted by Gasteiger charge is -2.32. The largest absolute Gasteiger partial charge is 0.479 e. The minimum atomic E-state index is -1.55. The number of hydrogen-bond acceptors (Lipinski definition) is 3. The van der Waals surface area contributed by atoms with E-state index in [1.807, 2.05) is 0 Å². The lowest BCUT2D eigenvalue weighted by Crippen LogP contribution is -2.53. The van der Waals surface area contributed by atoms with Crippen molar-refractivity contribution in [1.29, 1.82) is 0 Å². The van der Waals surface area contributed by atoms with E-state index in [9.17, 15) is 14.7 Å². The Morgan fingerprint density at radius 2 is 2.06 bits per heavy atom. The van der Waals surface area contributed by atoms with Gasteiger partial charge in [0.2, 0.25) is 5.54 Å². The Hall–Kier alpha value is -1.70. The second-order valence-corrected chi connectivity index (χ2v) is 5.05. The van der Waals surface area contributed by atoms with E-state index in [4.69, 9.17) is 11.2 Å². The number of hydrogen-bond donors (Lipinski definition) is 1. The molecule has 1 atom stereocenters. The van der Waals surface area contributed by atoms with Crippen molar-refractivity contribution >= 4 is 12.1 Å². The monoisotopic (exact) mass is 239 g/mol. The molecular weight excluding hydrogens is 222 g/mol. The summed E-state index contributed by atoms with van der Waals surface area (Å²) >= 11 is 0. The fourth-order valence-electron chi connectivity index (χ4n) is 1.82. The number of carboxylic acid groups (broad SMARTS) is 1. The van der Waals surface area contributed by atoms with Gasteiger partial charge in [0.25, 0.3) is 0 Å². The van der Waals surface area contributed by atoms with Crippen molar-refractivity contribution in [2.24, 2.45) is 0 Å². The zero-order valence-corrected chi connectivity index (χ0v) is 10.3. The summed E-state index contributed by atoms with van der Waals surface area (Å²) in [5, 5.41) is 9.19. The minimum Gasteiger partial charge on any atom is -0.479 e. The zero-order chi connectivity index (χ0) is 13.3. The van der Waals surface area contributed by atoms with Crippen LogP contribution in [0.5, 0.6) is 0 Å². The number of nitrogens with zero attached hydrogens (tertiary/aromatic N) is 1. The van der Waals surface area contributed by atoms with Gasteiger partial charge < -0.3 is 9.84 Å². The molecule has 1 heterocycles. The normalized spacial score (nSPS) is 24.2. The van der Waals surface area contributed by atoms with Crippen LogP contribution in [0.15, 0.2) is 0 Å². The summed E-state index contributed by atoms with van der Waals surface area (Å²) in [6, 6.07) is 0. The average Bonchev–Trinajstić information content (AvgIpc) is 2.59. The molecule has 1 rings (SSSR count). The van der Waals surface area contributed by atoms with E-state index in [1.54, 1.807) is 20.8 Å². The summed E-state index contributed by atoms with van der Waals surface area (Å²) in [5.41, 5.74) is -2.22. The van der Waals surface area contributed by atoms with E-state index in [-0.39, 0.29) is 6.42 Å². The van der Waals surface area contributed by atoms with Crippen molar-refractivity contribution in [2.75, 3.05) is 6.54 Å².